The predicted molar refractivity (Wildman–Crippen MR) is 178 cm³/mol. The van der Waals surface area contributed by atoms with Gasteiger partial charge in [0.15, 0.2) is 0 Å². The number of nitrogens with zero attached hydrogens (tertiary/aromatic N) is 3. The van der Waals surface area contributed by atoms with Crippen LogP contribution in [-0.4, -0.2) is 32.6 Å². The molecule has 4 aromatic rings. The zero-order valence-electron chi connectivity index (χ0n) is 27.7. The number of aromatic nitrogens is 1. The molecule has 0 aliphatic carbocycles. The number of carboxylic acid groups (broad SMARTS) is 1. The summed E-state index contributed by atoms with van der Waals surface area (Å²) >= 11 is 0. The van der Waals surface area contributed by atoms with Crippen molar-refractivity contribution in [3.8, 4) is 11.5 Å². The number of aryl methyl sites for hydroxylation is 6. The fourth-order valence-corrected chi connectivity index (χ4v) is 5.27. The topological polar surface area (TPSA) is 118 Å². The van der Waals surface area contributed by atoms with E-state index in [1.165, 1.54) is 45.5 Å². The molecule has 0 bridgehead atoms. The molecule has 0 saturated heterocycles. The minimum absolute atomic E-state index is 0. The first-order valence-corrected chi connectivity index (χ1v) is 14.6. The van der Waals surface area contributed by atoms with E-state index in [0.717, 1.165) is 34.2 Å². The fraction of sp³-hybridized carbons (Fsp3) is 0.297. The predicted octanol–water partition coefficient (Wildman–Crippen LogP) is 8.50. The van der Waals surface area contributed by atoms with Crippen LogP contribution in [0.3, 0.4) is 0 Å². The Morgan fingerprint density at radius 3 is 1.51 bits per heavy atom. The van der Waals surface area contributed by atoms with E-state index in [1.807, 2.05) is 32.0 Å². The van der Waals surface area contributed by atoms with Crippen LogP contribution in [-0.2, 0) is 16.8 Å². The van der Waals surface area contributed by atoms with Gasteiger partial charge < -0.3 is 15.3 Å². The van der Waals surface area contributed by atoms with Crippen LogP contribution in [0.5, 0.6) is 11.5 Å². The van der Waals surface area contributed by atoms with Crippen molar-refractivity contribution in [2.45, 2.75) is 75.2 Å². The number of hydrogen-bond donors (Lipinski definition) is 2. The van der Waals surface area contributed by atoms with Crippen LogP contribution in [0.2, 0.25) is 0 Å². The van der Waals surface area contributed by atoms with Gasteiger partial charge >= 0.3 is 5.97 Å². The van der Waals surface area contributed by atoms with Crippen molar-refractivity contribution in [2.75, 3.05) is 0 Å². The first-order chi connectivity index (χ1) is 20.6. The zero-order valence-corrected chi connectivity index (χ0v) is 28.7. The van der Waals surface area contributed by atoms with Crippen LogP contribution in [0.25, 0.3) is 0 Å². The Kier molecular flexibility index (Phi) is 12.8. The van der Waals surface area contributed by atoms with E-state index in [9.17, 15) is 9.90 Å². The van der Waals surface area contributed by atoms with Gasteiger partial charge in [0.1, 0.15) is 5.75 Å². The summed E-state index contributed by atoms with van der Waals surface area (Å²) in [6, 6.07) is 17.4. The molecule has 0 fully saturated rings. The maximum atomic E-state index is 11.3. The molecule has 0 unspecified atom stereocenters. The van der Waals surface area contributed by atoms with Crippen molar-refractivity contribution in [3.05, 3.63) is 110 Å². The van der Waals surface area contributed by atoms with E-state index in [2.05, 4.69) is 65.8 Å². The molecule has 2 N–H and O–H groups in total. The van der Waals surface area contributed by atoms with Crippen molar-refractivity contribution in [1.82, 2.24) is 4.98 Å². The van der Waals surface area contributed by atoms with Gasteiger partial charge in [0.25, 0.3) is 0 Å². The summed E-state index contributed by atoms with van der Waals surface area (Å²) in [7, 11) is 0. The van der Waals surface area contributed by atoms with Gasteiger partial charge in [0.05, 0.1) is 39.7 Å². The monoisotopic (exact) mass is 651 g/mol. The van der Waals surface area contributed by atoms with Crippen LogP contribution in [0.15, 0.2) is 64.6 Å². The summed E-state index contributed by atoms with van der Waals surface area (Å²) in [5.74, 6) is -2.69. The van der Waals surface area contributed by atoms with E-state index < -0.39 is 17.5 Å². The second-order valence-corrected chi connectivity index (χ2v) is 11.6. The molecule has 239 valence electrons. The third kappa shape index (κ3) is 9.12. The Morgan fingerprint density at radius 1 is 0.756 bits per heavy atom. The molecule has 0 aliphatic heterocycles. The third-order valence-electron chi connectivity index (χ3n) is 7.33. The molecular weight excluding hydrogens is 609 g/mol. The van der Waals surface area contributed by atoms with Crippen LogP contribution >= 0.6 is 0 Å². The van der Waals surface area contributed by atoms with Crippen LogP contribution in [0.1, 0.15) is 94.3 Å². The normalized spacial score (nSPS) is 11.5. The summed E-state index contributed by atoms with van der Waals surface area (Å²) in [4.78, 5) is 25.5. The SMILES string of the molecule is CC(=Nc1c(C)cc(C)cc1C)c1cccc(C(C)=Nc2c(C)cc(C)cc2C)n1.CC(C)c1ccc(O)c([O-])c1C(=O)O.[Co]. The second-order valence-electron chi connectivity index (χ2n) is 11.6. The molecule has 0 saturated carbocycles. The van der Waals surface area contributed by atoms with Crippen molar-refractivity contribution < 1.29 is 36.9 Å². The third-order valence-corrected chi connectivity index (χ3v) is 7.33. The number of aromatic hydroxyl groups is 1. The number of rotatable bonds is 6. The Hall–Kier alpha value is -4.27. The molecule has 0 amide bonds. The van der Waals surface area contributed by atoms with Crippen molar-refractivity contribution in [2.24, 2.45) is 9.98 Å². The number of phenolic OH excluding ortho intramolecular Hbond substituents is 1. The largest absolute Gasteiger partial charge is 0.869 e. The molecular formula is C37H42CoN3O4-. The summed E-state index contributed by atoms with van der Waals surface area (Å²) in [6.07, 6.45) is 0. The summed E-state index contributed by atoms with van der Waals surface area (Å²) in [5.41, 5.74) is 13.0. The second kappa shape index (κ2) is 15.6. The van der Waals surface area contributed by atoms with Gasteiger partial charge in [-0.25, -0.2) is 9.78 Å². The van der Waals surface area contributed by atoms with E-state index >= 15 is 0 Å². The molecule has 1 aromatic heterocycles. The summed E-state index contributed by atoms with van der Waals surface area (Å²) in [5, 5.41) is 29.2. The van der Waals surface area contributed by atoms with E-state index in [0.29, 0.717) is 5.56 Å². The Morgan fingerprint density at radius 2 is 1.16 bits per heavy atom. The summed E-state index contributed by atoms with van der Waals surface area (Å²) < 4.78 is 0. The number of phenols is 1. The van der Waals surface area contributed by atoms with Crippen molar-refractivity contribution >= 4 is 28.8 Å². The van der Waals surface area contributed by atoms with Gasteiger partial charge in [-0.3, -0.25) is 9.98 Å². The Balaban J connectivity index is 0.000000396. The Labute approximate surface area is 277 Å². The fourth-order valence-electron chi connectivity index (χ4n) is 5.27. The first-order valence-electron chi connectivity index (χ1n) is 14.6. The van der Waals surface area contributed by atoms with Crippen molar-refractivity contribution in [3.63, 3.8) is 0 Å². The standard InChI is InChI=1S/C27H31N3.C10H12O4.Co/c1-16-12-18(3)26(19(4)13-16)28-22(7)24-10-9-11-25(30-24)23(8)29-27-20(5)14-17(2)15-21(27)6;1-5(2)6-3-4-7(11)9(12)8(6)10(13)14;/h9-15H,1-8H3;3-5,11-12H,1-2H3,(H,13,14);/p-1. The van der Waals surface area contributed by atoms with E-state index in [1.54, 1.807) is 13.8 Å². The number of pyridine rings is 1. The first kappa shape index (κ1) is 36.9. The molecule has 1 radical (unpaired) electrons. The average molecular weight is 652 g/mol. The maximum Gasteiger partial charge on any atom is 0.335 e. The molecule has 45 heavy (non-hydrogen) atoms. The number of aromatic carboxylic acids is 1. The number of hydrogen-bond acceptors (Lipinski definition) is 6. The van der Waals surface area contributed by atoms with E-state index in [-0.39, 0.29) is 28.3 Å². The van der Waals surface area contributed by atoms with Crippen LogP contribution < -0.4 is 5.11 Å². The van der Waals surface area contributed by atoms with Gasteiger partial charge in [-0.2, -0.15) is 0 Å². The van der Waals surface area contributed by atoms with Gasteiger partial charge in [-0.15, -0.1) is 0 Å². The smallest absolute Gasteiger partial charge is 0.335 e. The van der Waals surface area contributed by atoms with Crippen molar-refractivity contribution in [1.29, 1.82) is 0 Å². The van der Waals surface area contributed by atoms with Gasteiger partial charge in [-0.05, 0) is 107 Å². The van der Waals surface area contributed by atoms with Crippen LogP contribution in [0, 0.1) is 41.5 Å². The molecule has 4 rings (SSSR count). The van der Waals surface area contributed by atoms with Gasteiger partial charge in [0, 0.05) is 16.8 Å². The minimum Gasteiger partial charge on any atom is -0.869 e. The van der Waals surface area contributed by atoms with Gasteiger partial charge in [-0.1, -0.05) is 67.1 Å². The Bertz CT molecular complexity index is 1640. The summed E-state index contributed by atoms with van der Waals surface area (Å²) in [6.45, 7) is 20.3. The molecule has 3 aromatic carbocycles. The molecule has 0 atom stereocenters. The van der Waals surface area contributed by atoms with Gasteiger partial charge in [0.2, 0.25) is 0 Å². The quantitative estimate of drug-likeness (QED) is 0.203. The average Bonchev–Trinajstić information content (AvgIpc) is 2.93. The molecule has 1 heterocycles. The minimum atomic E-state index is -1.30. The zero-order chi connectivity index (χ0) is 32.9. The van der Waals surface area contributed by atoms with Crippen LogP contribution in [0.4, 0.5) is 11.4 Å². The maximum absolute atomic E-state index is 11.3. The number of carbonyl (C=O) groups is 1. The molecule has 0 spiro atoms. The number of aliphatic imine (C=N–C) groups is 2. The molecule has 7 nitrogen and oxygen atoms in total. The number of carboxylic acids is 1. The number of benzene rings is 3. The molecule has 8 heteroatoms. The molecule has 0 aliphatic rings. The van der Waals surface area contributed by atoms with E-state index in [4.69, 9.17) is 25.2 Å².